The van der Waals surface area contributed by atoms with E-state index in [0.717, 1.165) is 6.42 Å². The van der Waals surface area contributed by atoms with E-state index in [0.29, 0.717) is 6.42 Å². The average molecular weight is 385 g/mol. The number of esters is 1. The molecule has 0 atom stereocenters. The van der Waals surface area contributed by atoms with Gasteiger partial charge in [0, 0.05) is 20.3 Å². The van der Waals surface area contributed by atoms with Gasteiger partial charge in [-0.3, -0.25) is 14.4 Å². The predicted octanol–water partition coefficient (Wildman–Crippen LogP) is 6.59. The van der Waals surface area contributed by atoms with Crippen molar-refractivity contribution in [3.05, 3.63) is 0 Å². The van der Waals surface area contributed by atoms with Gasteiger partial charge < -0.3 is 4.74 Å². The topological polar surface area (TPSA) is 60.4 Å². The summed E-state index contributed by atoms with van der Waals surface area (Å²) in [7, 11) is 1.47. The number of hydrogen-bond donors (Lipinski definition) is 0. The minimum Gasteiger partial charge on any atom is -0.469 e. The zero-order valence-electron chi connectivity index (χ0n) is 18.4. The van der Waals surface area contributed by atoms with Gasteiger partial charge in [-0.05, 0) is 6.42 Å². The fraction of sp³-hybridized carbons (Fsp3) is 0.870. The first kappa shape index (κ1) is 28.0. The molecule has 0 fully saturated rings. The minimum atomic E-state index is -0.380. The fourth-order valence-electron chi connectivity index (χ4n) is 2.74. The molecule has 0 unspecified atom stereocenters. The van der Waals surface area contributed by atoms with Crippen LogP contribution in [0, 0.1) is 0 Å². The van der Waals surface area contributed by atoms with Crippen LogP contribution in [-0.2, 0) is 19.1 Å². The highest BCUT2D eigenvalue weighted by Crippen LogP contribution is 2.13. The molecule has 0 aromatic rings. The van der Waals surface area contributed by atoms with Crippen LogP contribution < -0.4 is 0 Å². The molecule has 4 nitrogen and oxygen atoms in total. The van der Waals surface area contributed by atoms with E-state index in [4.69, 9.17) is 0 Å². The Morgan fingerprint density at radius 1 is 0.556 bits per heavy atom. The second kappa shape index (κ2) is 22.9. The Morgan fingerprint density at radius 3 is 1.11 bits per heavy atom. The molecule has 0 aromatic carbocycles. The Morgan fingerprint density at radius 2 is 0.852 bits per heavy atom. The van der Waals surface area contributed by atoms with E-state index in [1.807, 2.05) is 0 Å². The Kier molecular flexibility index (Phi) is 23.7. The van der Waals surface area contributed by atoms with E-state index >= 15 is 0 Å². The Hall–Kier alpha value is -1.19. The highest BCUT2D eigenvalue weighted by Gasteiger charge is 1.99. The second-order valence-corrected chi connectivity index (χ2v) is 7.39. The number of carbonyl (C=O) groups excluding carboxylic acids is 3. The third-order valence-corrected chi connectivity index (χ3v) is 4.71. The number of Topliss-reactive ketones (excluding diaryl/α,β-unsaturated/α-hetero) is 2. The number of methoxy groups -OCH3 is 1. The van der Waals surface area contributed by atoms with Crippen LogP contribution in [0.25, 0.3) is 0 Å². The van der Waals surface area contributed by atoms with E-state index in [9.17, 15) is 14.4 Å². The lowest BCUT2D eigenvalue weighted by Gasteiger charge is -2.03. The molecule has 0 spiro atoms. The summed E-state index contributed by atoms with van der Waals surface area (Å²) in [6.07, 6.45) is 20.9. The van der Waals surface area contributed by atoms with Crippen LogP contribution in [0.3, 0.4) is 0 Å². The van der Waals surface area contributed by atoms with Gasteiger partial charge in [0.2, 0.25) is 0 Å². The van der Waals surface area contributed by atoms with Gasteiger partial charge >= 0.3 is 5.97 Å². The van der Waals surface area contributed by atoms with Gasteiger partial charge in [-0.15, -0.1) is 0 Å². The molecule has 0 amide bonds. The zero-order valence-corrected chi connectivity index (χ0v) is 18.4. The van der Waals surface area contributed by atoms with Crippen molar-refractivity contribution in [3.63, 3.8) is 0 Å². The van der Waals surface area contributed by atoms with Gasteiger partial charge in [0.15, 0.2) is 11.6 Å². The number of ether oxygens (including phenoxy) is 1. The van der Waals surface area contributed by atoms with Crippen molar-refractivity contribution in [2.75, 3.05) is 7.11 Å². The molecular formula is C23H44O4. The molecule has 0 N–H and O–H groups in total. The molecule has 0 rings (SSSR count). The molecule has 0 heterocycles. The second-order valence-electron chi connectivity index (χ2n) is 7.39. The molecule has 0 saturated carbocycles. The maximum atomic E-state index is 10.9. The number of rotatable bonds is 17. The van der Waals surface area contributed by atoms with Gasteiger partial charge in [-0.1, -0.05) is 96.8 Å². The SMILES string of the molecule is CC(=O)C(C)=O.CCCCCCCCCCCCCCCCCC(=O)OC. The number of carbonyl (C=O) groups is 3. The van der Waals surface area contributed by atoms with Gasteiger partial charge in [0.1, 0.15) is 0 Å². The number of unbranched alkanes of at least 4 members (excludes halogenated alkanes) is 14. The first-order chi connectivity index (χ1) is 13.0. The van der Waals surface area contributed by atoms with Crippen LogP contribution in [-0.4, -0.2) is 24.6 Å². The van der Waals surface area contributed by atoms with Crippen LogP contribution in [0.15, 0.2) is 0 Å². The zero-order chi connectivity index (χ0) is 20.8. The van der Waals surface area contributed by atoms with E-state index in [2.05, 4.69) is 11.7 Å². The molecule has 160 valence electrons. The molecular weight excluding hydrogens is 340 g/mol. The van der Waals surface area contributed by atoms with Crippen molar-refractivity contribution in [3.8, 4) is 0 Å². The minimum absolute atomic E-state index is 0.0651. The summed E-state index contributed by atoms with van der Waals surface area (Å²) in [4.78, 5) is 30.5. The first-order valence-corrected chi connectivity index (χ1v) is 11.0. The third kappa shape index (κ3) is 27.1. The normalized spacial score (nSPS) is 10.1. The fourth-order valence-corrected chi connectivity index (χ4v) is 2.74. The molecule has 0 saturated heterocycles. The smallest absolute Gasteiger partial charge is 0.305 e. The number of hydrogen-bond acceptors (Lipinski definition) is 4. The summed E-state index contributed by atoms with van der Waals surface area (Å²) >= 11 is 0. The predicted molar refractivity (Wildman–Crippen MR) is 113 cm³/mol. The quantitative estimate of drug-likeness (QED) is 0.161. The molecule has 27 heavy (non-hydrogen) atoms. The van der Waals surface area contributed by atoms with Crippen LogP contribution in [0.5, 0.6) is 0 Å². The van der Waals surface area contributed by atoms with Crippen molar-refractivity contribution in [2.24, 2.45) is 0 Å². The highest BCUT2D eigenvalue weighted by molar-refractivity contribution is 6.35. The lowest BCUT2D eigenvalue weighted by Crippen LogP contribution is -2.01. The summed E-state index contributed by atoms with van der Waals surface area (Å²) in [5, 5.41) is 0. The lowest BCUT2D eigenvalue weighted by molar-refractivity contribution is -0.140. The van der Waals surface area contributed by atoms with Crippen LogP contribution in [0.4, 0.5) is 0 Å². The van der Waals surface area contributed by atoms with Crippen LogP contribution in [0.1, 0.15) is 124 Å². The molecule has 0 aliphatic carbocycles. The van der Waals surface area contributed by atoms with Gasteiger partial charge in [-0.25, -0.2) is 0 Å². The molecule has 0 aliphatic heterocycles. The Bertz CT molecular complexity index is 351. The highest BCUT2D eigenvalue weighted by atomic mass is 16.5. The number of ketones is 2. The van der Waals surface area contributed by atoms with Crippen LogP contribution >= 0.6 is 0 Å². The molecule has 0 radical (unpaired) electrons. The molecule has 0 bridgehead atoms. The molecule has 4 heteroatoms. The van der Waals surface area contributed by atoms with Crippen molar-refractivity contribution >= 4 is 17.5 Å². The van der Waals surface area contributed by atoms with Crippen molar-refractivity contribution in [2.45, 2.75) is 124 Å². The lowest BCUT2D eigenvalue weighted by atomic mass is 10.0. The van der Waals surface area contributed by atoms with E-state index in [1.54, 1.807) is 0 Å². The largest absolute Gasteiger partial charge is 0.469 e. The van der Waals surface area contributed by atoms with Crippen LogP contribution in [0.2, 0.25) is 0 Å². The van der Waals surface area contributed by atoms with Crippen molar-refractivity contribution < 1.29 is 19.1 Å². The average Bonchev–Trinajstić information content (AvgIpc) is 2.65. The van der Waals surface area contributed by atoms with Gasteiger partial charge in [0.05, 0.1) is 7.11 Å². The standard InChI is InChI=1S/C19H38O2.C4H6O2/c1-3-4-5-6-7-8-9-10-11-12-13-14-15-16-17-18-19(20)21-2;1-3(5)4(2)6/h3-18H2,1-2H3;1-2H3. The first-order valence-electron chi connectivity index (χ1n) is 11.0. The Labute approximate surface area is 167 Å². The summed E-state index contributed by atoms with van der Waals surface area (Å²) in [5.41, 5.74) is 0. The maximum Gasteiger partial charge on any atom is 0.305 e. The van der Waals surface area contributed by atoms with Crippen molar-refractivity contribution in [1.82, 2.24) is 0 Å². The summed E-state index contributed by atoms with van der Waals surface area (Å²) in [6, 6.07) is 0. The monoisotopic (exact) mass is 384 g/mol. The van der Waals surface area contributed by atoms with E-state index in [-0.39, 0.29) is 17.5 Å². The Balaban J connectivity index is 0. The van der Waals surface area contributed by atoms with Crippen molar-refractivity contribution in [1.29, 1.82) is 0 Å². The summed E-state index contributed by atoms with van der Waals surface area (Å²) in [5.74, 6) is -0.824. The van der Waals surface area contributed by atoms with E-state index in [1.165, 1.54) is 111 Å². The summed E-state index contributed by atoms with van der Waals surface area (Å²) in [6.45, 7) is 4.78. The summed E-state index contributed by atoms with van der Waals surface area (Å²) < 4.78 is 4.63. The van der Waals surface area contributed by atoms with E-state index < -0.39 is 0 Å². The molecule has 0 aromatic heterocycles. The van der Waals surface area contributed by atoms with Gasteiger partial charge in [-0.2, -0.15) is 0 Å². The molecule has 0 aliphatic rings. The maximum absolute atomic E-state index is 10.9. The third-order valence-electron chi connectivity index (χ3n) is 4.71. The van der Waals surface area contributed by atoms with Gasteiger partial charge in [0.25, 0.3) is 0 Å².